The van der Waals surface area contributed by atoms with E-state index in [1.54, 1.807) is 0 Å². The average Bonchev–Trinajstić information content (AvgIpc) is 2.52. The smallest absolute Gasteiger partial charge is 0.0961 e. The second-order valence-electron chi connectivity index (χ2n) is 5.71. The van der Waals surface area contributed by atoms with Crippen LogP contribution in [0.5, 0.6) is 0 Å². The number of ether oxygens (including phenoxy) is 1. The van der Waals surface area contributed by atoms with Crippen LogP contribution in [-0.4, -0.2) is 11.7 Å². The highest BCUT2D eigenvalue weighted by Crippen LogP contribution is 2.44. The standard InChI is InChI=1S/C15H24O2/c1-10-4-6-14(11(2)8-16)15-9-17-12(3)5-7-13(10)15/h5,9-11,13-14,16H,4,6-8H2,1-3H3/t10-,11+,13+,14?/m1/s1. The molecule has 0 radical (unpaired) electrons. The van der Waals surface area contributed by atoms with Crippen molar-refractivity contribution in [1.29, 1.82) is 0 Å². The highest BCUT2D eigenvalue weighted by Gasteiger charge is 2.35. The molecule has 0 bridgehead atoms. The topological polar surface area (TPSA) is 29.5 Å². The monoisotopic (exact) mass is 236 g/mol. The summed E-state index contributed by atoms with van der Waals surface area (Å²) in [6, 6.07) is 0. The highest BCUT2D eigenvalue weighted by atomic mass is 16.5. The molecule has 0 aromatic rings. The van der Waals surface area contributed by atoms with E-state index in [-0.39, 0.29) is 6.61 Å². The zero-order chi connectivity index (χ0) is 12.4. The number of aliphatic hydroxyl groups excluding tert-OH is 1. The molecular weight excluding hydrogens is 212 g/mol. The number of rotatable bonds is 2. The van der Waals surface area contributed by atoms with Crippen LogP contribution in [0.3, 0.4) is 0 Å². The summed E-state index contributed by atoms with van der Waals surface area (Å²) in [7, 11) is 0. The minimum Gasteiger partial charge on any atom is -0.470 e. The number of aliphatic hydroxyl groups is 1. The summed E-state index contributed by atoms with van der Waals surface area (Å²) in [6.45, 7) is 6.77. The van der Waals surface area contributed by atoms with E-state index >= 15 is 0 Å². The molecule has 0 spiro atoms. The molecule has 1 fully saturated rings. The predicted octanol–water partition coefficient (Wildman–Crippen LogP) is 3.49. The van der Waals surface area contributed by atoms with Gasteiger partial charge in [0.2, 0.25) is 0 Å². The third-order valence-corrected chi connectivity index (χ3v) is 4.49. The fourth-order valence-corrected chi connectivity index (χ4v) is 3.20. The zero-order valence-corrected chi connectivity index (χ0v) is 11.1. The van der Waals surface area contributed by atoms with Gasteiger partial charge in [-0.05, 0) is 61.5 Å². The van der Waals surface area contributed by atoms with E-state index in [9.17, 15) is 5.11 Å². The summed E-state index contributed by atoms with van der Waals surface area (Å²) in [5.74, 6) is 3.20. The Bertz CT molecular complexity index is 330. The van der Waals surface area contributed by atoms with E-state index in [2.05, 4.69) is 19.9 Å². The first kappa shape index (κ1) is 12.7. The third kappa shape index (κ3) is 2.57. The van der Waals surface area contributed by atoms with Crippen molar-refractivity contribution in [2.24, 2.45) is 23.7 Å². The Labute approximate surface area is 104 Å². The number of fused-ring (bicyclic) bond motifs is 1. The molecule has 1 saturated carbocycles. The highest BCUT2D eigenvalue weighted by molar-refractivity contribution is 5.18. The summed E-state index contributed by atoms with van der Waals surface area (Å²) < 4.78 is 5.66. The molecule has 1 aliphatic carbocycles. The predicted molar refractivity (Wildman–Crippen MR) is 69.2 cm³/mol. The SMILES string of the molecule is CC1=CC[C@@H]2C(=CO1)C([C@@H](C)CO)CC[C@H]2C. The lowest BCUT2D eigenvalue weighted by Crippen LogP contribution is -2.30. The number of hydrogen-bond acceptors (Lipinski definition) is 2. The van der Waals surface area contributed by atoms with Gasteiger partial charge in [-0.25, -0.2) is 0 Å². The second-order valence-corrected chi connectivity index (χ2v) is 5.71. The van der Waals surface area contributed by atoms with Crippen LogP contribution < -0.4 is 0 Å². The Balaban J connectivity index is 2.24. The van der Waals surface area contributed by atoms with E-state index in [0.29, 0.717) is 17.8 Å². The molecule has 2 heteroatoms. The lowest BCUT2D eigenvalue weighted by Gasteiger charge is -2.38. The van der Waals surface area contributed by atoms with Gasteiger partial charge in [0.05, 0.1) is 12.0 Å². The summed E-state index contributed by atoms with van der Waals surface area (Å²) in [5, 5.41) is 9.38. The fourth-order valence-electron chi connectivity index (χ4n) is 3.20. The summed E-state index contributed by atoms with van der Waals surface area (Å²) in [5.41, 5.74) is 1.43. The van der Waals surface area contributed by atoms with Crippen molar-refractivity contribution in [3.63, 3.8) is 0 Å². The molecule has 17 heavy (non-hydrogen) atoms. The van der Waals surface area contributed by atoms with Crippen LogP contribution in [0.1, 0.15) is 40.0 Å². The Morgan fingerprint density at radius 2 is 2.24 bits per heavy atom. The first-order valence-corrected chi connectivity index (χ1v) is 6.77. The Morgan fingerprint density at radius 3 is 2.94 bits per heavy atom. The van der Waals surface area contributed by atoms with Crippen LogP contribution in [0.2, 0.25) is 0 Å². The van der Waals surface area contributed by atoms with Crippen molar-refractivity contribution < 1.29 is 9.84 Å². The van der Waals surface area contributed by atoms with Gasteiger partial charge in [-0.3, -0.25) is 0 Å². The van der Waals surface area contributed by atoms with Crippen molar-refractivity contribution in [2.45, 2.75) is 40.0 Å². The van der Waals surface area contributed by atoms with Crippen molar-refractivity contribution in [2.75, 3.05) is 6.61 Å². The van der Waals surface area contributed by atoms with E-state index in [1.165, 1.54) is 18.4 Å². The molecule has 0 aromatic heterocycles. The molecule has 0 aromatic carbocycles. The molecule has 2 rings (SSSR count). The van der Waals surface area contributed by atoms with Gasteiger partial charge in [-0.15, -0.1) is 0 Å². The minimum absolute atomic E-state index is 0.273. The Morgan fingerprint density at radius 1 is 1.47 bits per heavy atom. The zero-order valence-electron chi connectivity index (χ0n) is 11.1. The molecule has 0 amide bonds. The first-order valence-electron chi connectivity index (χ1n) is 6.77. The Hall–Kier alpha value is -0.760. The average molecular weight is 236 g/mol. The van der Waals surface area contributed by atoms with Crippen LogP contribution in [0.15, 0.2) is 23.7 Å². The molecule has 0 saturated heterocycles. The maximum atomic E-state index is 9.38. The van der Waals surface area contributed by atoms with Crippen LogP contribution in [-0.2, 0) is 4.74 Å². The van der Waals surface area contributed by atoms with E-state index in [1.807, 2.05) is 13.2 Å². The summed E-state index contributed by atoms with van der Waals surface area (Å²) in [6.07, 6.45) is 7.72. The van der Waals surface area contributed by atoms with Gasteiger partial charge in [0.25, 0.3) is 0 Å². The molecule has 96 valence electrons. The van der Waals surface area contributed by atoms with Crippen molar-refractivity contribution in [1.82, 2.24) is 0 Å². The molecule has 2 nitrogen and oxygen atoms in total. The maximum Gasteiger partial charge on any atom is 0.0961 e. The van der Waals surface area contributed by atoms with Gasteiger partial charge >= 0.3 is 0 Å². The lowest BCUT2D eigenvalue weighted by molar-refractivity contribution is 0.157. The van der Waals surface area contributed by atoms with Crippen molar-refractivity contribution in [3.05, 3.63) is 23.7 Å². The fraction of sp³-hybridized carbons (Fsp3) is 0.733. The quantitative estimate of drug-likeness (QED) is 0.795. The first-order chi connectivity index (χ1) is 8.13. The van der Waals surface area contributed by atoms with E-state index in [0.717, 1.165) is 18.1 Å². The molecule has 2 aliphatic rings. The van der Waals surface area contributed by atoms with Gasteiger partial charge in [0, 0.05) is 6.61 Å². The van der Waals surface area contributed by atoms with Gasteiger partial charge in [-0.2, -0.15) is 0 Å². The summed E-state index contributed by atoms with van der Waals surface area (Å²) >= 11 is 0. The largest absolute Gasteiger partial charge is 0.470 e. The van der Waals surface area contributed by atoms with Crippen LogP contribution in [0.25, 0.3) is 0 Å². The van der Waals surface area contributed by atoms with Crippen molar-refractivity contribution >= 4 is 0 Å². The second kappa shape index (κ2) is 5.26. The van der Waals surface area contributed by atoms with Crippen LogP contribution in [0.4, 0.5) is 0 Å². The van der Waals surface area contributed by atoms with Gasteiger partial charge in [-0.1, -0.05) is 13.8 Å². The maximum absolute atomic E-state index is 9.38. The van der Waals surface area contributed by atoms with Crippen molar-refractivity contribution in [3.8, 4) is 0 Å². The molecule has 1 N–H and O–H groups in total. The van der Waals surface area contributed by atoms with Gasteiger partial charge in [0.1, 0.15) is 0 Å². The summed E-state index contributed by atoms with van der Waals surface area (Å²) in [4.78, 5) is 0. The minimum atomic E-state index is 0.273. The van der Waals surface area contributed by atoms with Crippen LogP contribution >= 0.6 is 0 Å². The van der Waals surface area contributed by atoms with Crippen LogP contribution in [0, 0.1) is 23.7 Å². The van der Waals surface area contributed by atoms with E-state index < -0.39 is 0 Å². The molecule has 4 atom stereocenters. The number of allylic oxidation sites excluding steroid dienone is 3. The number of hydrogen-bond donors (Lipinski definition) is 1. The normalized spacial score (nSPS) is 34.9. The molecule has 1 heterocycles. The van der Waals surface area contributed by atoms with Gasteiger partial charge < -0.3 is 9.84 Å². The lowest BCUT2D eigenvalue weighted by atomic mass is 9.67. The Kier molecular flexibility index (Phi) is 3.93. The molecular formula is C15H24O2. The molecule has 1 aliphatic heterocycles. The van der Waals surface area contributed by atoms with E-state index in [4.69, 9.17) is 4.74 Å². The molecule has 1 unspecified atom stereocenters. The van der Waals surface area contributed by atoms with Gasteiger partial charge in [0.15, 0.2) is 0 Å². The third-order valence-electron chi connectivity index (χ3n) is 4.49.